The van der Waals surface area contributed by atoms with Crippen molar-refractivity contribution in [2.24, 2.45) is 5.92 Å². The topological polar surface area (TPSA) is 67.4 Å². The van der Waals surface area contributed by atoms with Crippen LogP contribution in [0.15, 0.2) is 48.5 Å². The number of nitrogens with one attached hydrogen (secondary N) is 2. The monoisotopic (exact) mass is 338 g/mol. The molecule has 2 N–H and O–H groups in total. The third-order valence-electron chi connectivity index (χ3n) is 4.04. The standard InChI is InChI=1S/C20H22N2O3/c1-13-4-3-5-18(12-13)25-14(2)19(23)21-16-8-10-17(11-9-16)22-20(24)15-6-7-15/h3-5,8-12,14-15H,6-7H2,1-2H3,(H,21,23)(H,22,24). The van der Waals surface area contributed by atoms with E-state index < -0.39 is 6.10 Å². The lowest BCUT2D eigenvalue weighted by Crippen LogP contribution is -2.30. The van der Waals surface area contributed by atoms with Gasteiger partial charge in [-0.3, -0.25) is 9.59 Å². The van der Waals surface area contributed by atoms with Gasteiger partial charge in [-0.25, -0.2) is 0 Å². The lowest BCUT2D eigenvalue weighted by atomic mass is 10.2. The number of ether oxygens (including phenoxy) is 1. The van der Waals surface area contributed by atoms with Gasteiger partial charge in [-0.2, -0.15) is 0 Å². The number of amides is 2. The Kier molecular flexibility index (Phi) is 5.03. The van der Waals surface area contributed by atoms with Gasteiger partial charge in [0.05, 0.1) is 0 Å². The second-order valence-corrected chi connectivity index (χ2v) is 6.41. The van der Waals surface area contributed by atoms with Crippen molar-refractivity contribution < 1.29 is 14.3 Å². The zero-order valence-corrected chi connectivity index (χ0v) is 14.4. The summed E-state index contributed by atoms with van der Waals surface area (Å²) in [5.74, 6) is 0.674. The molecule has 0 bridgehead atoms. The molecule has 1 unspecified atom stereocenters. The van der Waals surface area contributed by atoms with E-state index in [0.29, 0.717) is 11.4 Å². The van der Waals surface area contributed by atoms with E-state index in [0.717, 1.165) is 24.1 Å². The van der Waals surface area contributed by atoms with Gasteiger partial charge in [-0.15, -0.1) is 0 Å². The van der Waals surface area contributed by atoms with Crippen molar-refractivity contribution in [3.05, 3.63) is 54.1 Å². The van der Waals surface area contributed by atoms with Crippen LogP contribution in [0.5, 0.6) is 5.75 Å². The summed E-state index contributed by atoms with van der Waals surface area (Å²) in [6.45, 7) is 3.68. The van der Waals surface area contributed by atoms with Gasteiger partial charge in [-0.05, 0) is 68.7 Å². The Hall–Kier alpha value is -2.82. The quantitative estimate of drug-likeness (QED) is 0.843. The van der Waals surface area contributed by atoms with Crippen LogP contribution < -0.4 is 15.4 Å². The molecule has 2 aromatic rings. The maximum absolute atomic E-state index is 12.3. The summed E-state index contributed by atoms with van der Waals surface area (Å²) in [6.07, 6.45) is 1.33. The molecule has 3 rings (SSSR count). The highest BCUT2D eigenvalue weighted by Gasteiger charge is 2.29. The van der Waals surface area contributed by atoms with Crippen molar-refractivity contribution in [3.63, 3.8) is 0 Å². The second-order valence-electron chi connectivity index (χ2n) is 6.41. The molecule has 0 heterocycles. The molecule has 0 saturated heterocycles. The van der Waals surface area contributed by atoms with Crippen LogP contribution in [0.25, 0.3) is 0 Å². The predicted molar refractivity (Wildman–Crippen MR) is 97.7 cm³/mol. The van der Waals surface area contributed by atoms with E-state index >= 15 is 0 Å². The average Bonchev–Trinajstić information content (AvgIpc) is 3.41. The lowest BCUT2D eigenvalue weighted by Gasteiger charge is -2.15. The molecule has 1 saturated carbocycles. The first-order chi connectivity index (χ1) is 12.0. The van der Waals surface area contributed by atoms with E-state index in [2.05, 4.69) is 10.6 Å². The molecule has 5 nitrogen and oxygen atoms in total. The molecular weight excluding hydrogens is 316 g/mol. The second kappa shape index (κ2) is 7.38. The minimum atomic E-state index is -0.615. The Bertz CT molecular complexity index is 767. The van der Waals surface area contributed by atoms with Crippen molar-refractivity contribution in [1.29, 1.82) is 0 Å². The average molecular weight is 338 g/mol. The Morgan fingerprint density at radius 1 is 1.04 bits per heavy atom. The molecule has 25 heavy (non-hydrogen) atoms. The van der Waals surface area contributed by atoms with Gasteiger partial charge in [0.1, 0.15) is 5.75 Å². The zero-order valence-electron chi connectivity index (χ0n) is 14.4. The van der Waals surface area contributed by atoms with E-state index in [1.54, 1.807) is 31.2 Å². The highest BCUT2D eigenvalue weighted by molar-refractivity contribution is 5.96. The summed E-state index contributed by atoms with van der Waals surface area (Å²) in [6, 6.07) is 14.7. The minimum absolute atomic E-state index is 0.0666. The smallest absolute Gasteiger partial charge is 0.265 e. The van der Waals surface area contributed by atoms with E-state index in [1.807, 2.05) is 31.2 Å². The number of rotatable bonds is 6. The Morgan fingerprint density at radius 3 is 2.28 bits per heavy atom. The fraction of sp³-hybridized carbons (Fsp3) is 0.300. The van der Waals surface area contributed by atoms with Crippen molar-refractivity contribution in [2.75, 3.05) is 10.6 Å². The summed E-state index contributed by atoms with van der Waals surface area (Å²) >= 11 is 0. The van der Waals surface area contributed by atoms with Gasteiger partial charge >= 0.3 is 0 Å². The molecule has 2 amide bonds. The van der Waals surface area contributed by atoms with Gasteiger partial charge in [0, 0.05) is 17.3 Å². The predicted octanol–water partition coefficient (Wildman–Crippen LogP) is 3.75. The van der Waals surface area contributed by atoms with Crippen molar-refractivity contribution in [2.45, 2.75) is 32.8 Å². The number of anilines is 2. The normalized spacial score (nSPS) is 14.5. The zero-order chi connectivity index (χ0) is 17.8. The van der Waals surface area contributed by atoms with Crippen LogP contribution >= 0.6 is 0 Å². The fourth-order valence-corrected chi connectivity index (χ4v) is 2.42. The number of carbonyl (C=O) groups is 2. The Balaban J connectivity index is 1.53. The van der Waals surface area contributed by atoms with E-state index in [1.165, 1.54) is 0 Å². The van der Waals surface area contributed by atoms with Crippen LogP contribution in [0.4, 0.5) is 11.4 Å². The molecule has 5 heteroatoms. The molecule has 1 aliphatic rings. The summed E-state index contributed by atoms with van der Waals surface area (Å²) < 4.78 is 5.67. The minimum Gasteiger partial charge on any atom is -0.481 e. The van der Waals surface area contributed by atoms with E-state index in [4.69, 9.17) is 4.74 Å². The molecule has 130 valence electrons. The molecule has 1 fully saturated rings. The molecule has 0 aliphatic heterocycles. The van der Waals surface area contributed by atoms with Gasteiger partial charge in [0.2, 0.25) is 5.91 Å². The van der Waals surface area contributed by atoms with Crippen molar-refractivity contribution >= 4 is 23.2 Å². The van der Waals surface area contributed by atoms with Crippen LogP contribution in [0.1, 0.15) is 25.3 Å². The molecular formula is C20H22N2O3. The lowest BCUT2D eigenvalue weighted by molar-refractivity contribution is -0.122. The van der Waals surface area contributed by atoms with Crippen molar-refractivity contribution in [1.82, 2.24) is 0 Å². The van der Waals surface area contributed by atoms with Crippen LogP contribution in [0.3, 0.4) is 0 Å². The summed E-state index contributed by atoms with van der Waals surface area (Å²) in [7, 11) is 0. The highest BCUT2D eigenvalue weighted by Crippen LogP contribution is 2.30. The Labute approximate surface area is 147 Å². The maximum atomic E-state index is 12.3. The third kappa shape index (κ3) is 4.83. The molecule has 1 atom stereocenters. The molecule has 0 spiro atoms. The first kappa shape index (κ1) is 17.0. The van der Waals surface area contributed by atoms with Crippen LogP contribution in [-0.4, -0.2) is 17.9 Å². The maximum Gasteiger partial charge on any atom is 0.265 e. The number of benzene rings is 2. The summed E-state index contributed by atoms with van der Waals surface area (Å²) in [4.78, 5) is 24.0. The first-order valence-corrected chi connectivity index (χ1v) is 8.46. The van der Waals surface area contributed by atoms with Gasteiger partial charge in [0.25, 0.3) is 5.91 Å². The Morgan fingerprint density at radius 2 is 1.68 bits per heavy atom. The largest absolute Gasteiger partial charge is 0.481 e. The number of aryl methyl sites for hydroxylation is 1. The molecule has 2 aromatic carbocycles. The number of carbonyl (C=O) groups excluding carboxylic acids is 2. The summed E-state index contributed by atoms with van der Waals surface area (Å²) in [5, 5.41) is 5.68. The van der Waals surface area contributed by atoms with Crippen LogP contribution in [0, 0.1) is 12.8 Å². The van der Waals surface area contributed by atoms with E-state index in [-0.39, 0.29) is 17.7 Å². The molecule has 1 aliphatic carbocycles. The van der Waals surface area contributed by atoms with Crippen LogP contribution in [-0.2, 0) is 9.59 Å². The molecule has 0 aromatic heterocycles. The SMILES string of the molecule is Cc1cccc(OC(C)C(=O)Nc2ccc(NC(=O)C3CC3)cc2)c1. The van der Waals surface area contributed by atoms with Crippen molar-refractivity contribution in [3.8, 4) is 5.75 Å². The highest BCUT2D eigenvalue weighted by atomic mass is 16.5. The van der Waals surface area contributed by atoms with Gasteiger partial charge in [0.15, 0.2) is 6.10 Å². The van der Waals surface area contributed by atoms with Gasteiger partial charge in [-0.1, -0.05) is 12.1 Å². The third-order valence-corrected chi connectivity index (χ3v) is 4.04. The van der Waals surface area contributed by atoms with E-state index in [9.17, 15) is 9.59 Å². The number of hydrogen-bond acceptors (Lipinski definition) is 3. The first-order valence-electron chi connectivity index (χ1n) is 8.46. The fourth-order valence-electron chi connectivity index (χ4n) is 2.42. The van der Waals surface area contributed by atoms with Crippen LogP contribution in [0.2, 0.25) is 0 Å². The molecule has 0 radical (unpaired) electrons. The summed E-state index contributed by atoms with van der Waals surface area (Å²) in [5.41, 5.74) is 2.47. The van der Waals surface area contributed by atoms with Gasteiger partial charge < -0.3 is 15.4 Å². The number of hydrogen-bond donors (Lipinski definition) is 2.